The monoisotopic (exact) mass is 519 g/mol. The maximum atomic E-state index is 12.8. The quantitative estimate of drug-likeness (QED) is 0.115. The molecule has 0 fully saturated rings. The molecule has 9 heteroatoms. The van der Waals surface area contributed by atoms with Crippen LogP contribution in [0.4, 0.5) is 5.69 Å². The van der Waals surface area contributed by atoms with E-state index in [4.69, 9.17) is 27.9 Å². The Kier molecular flexibility index (Phi) is 7.63. The van der Waals surface area contributed by atoms with Crippen LogP contribution in [-0.2, 0) is 9.59 Å². The molecule has 0 aromatic heterocycles. The zero-order chi connectivity index (χ0) is 25.7. The SMILES string of the molecule is Cc1ccc(NC(=O)C(=O)N/N=C\c2c(OC(=O)c3ccc(Cl)cc3Cl)ccc3ccccc23)cc1. The van der Waals surface area contributed by atoms with E-state index in [1.54, 1.807) is 24.3 Å². The summed E-state index contributed by atoms with van der Waals surface area (Å²) in [7, 11) is 0. The van der Waals surface area contributed by atoms with Gasteiger partial charge in [-0.1, -0.05) is 71.2 Å². The van der Waals surface area contributed by atoms with Crippen molar-refractivity contribution in [1.29, 1.82) is 0 Å². The molecule has 0 radical (unpaired) electrons. The van der Waals surface area contributed by atoms with Gasteiger partial charge in [0.25, 0.3) is 0 Å². The Hall–Kier alpha value is -4.20. The smallest absolute Gasteiger partial charge is 0.345 e. The third-order valence-corrected chi connectivity index (χ3v) is 5.71. The van der Waals surface area contributed by atoms with E-state index in [1.807, 2.05) is 43.3 Å². The first-order chi connectivity index (χ1) is 17.3. The van der Waals surface area contributed by atoms with Crippen LogP contribution < -0.4 is 15.5 Å². The fourth-order valence-corrected chi connectivity index (χ4v) is 3.82. The second-order valence-electron chi connectivity index (χ2n) is 7.73. The number of hydrazone groups is 1. The van der Waals surface area contributed by atoms with Crippen molar-refractivity contribution in [3.63, 3.8) is 0 Å². The zero-order valence-corrected chi connectivity index (χ0v) is 20.4. The number of anilines is 1. The molecule has 4 aromatic carbocycles. The van der Waals surface area contributed by atoms with Gasteiger partial charge in [-0.25, -0.2) is 10.2 Å². The van der Waals surface area contributed by atoms with Crippen LogP contribution >= 0.6 is 23.2 Å². The largest absolute Gasteiger partial charge is 0.422 e. The molecule has 0 atom stereocenters. The number of ether oxygens (including phenoxy) is 1. The number of fused-ring (bicyclic) bond motifs is 1. The van der Waals surface area contributed by atoms with Gasteiger partial charge in [-0.2, -0.15) is 5.10 Å². The highest BCUT2D eigenvalue weighted by molar-refractivity contribution is 6.39. The maximum Gasteiger partial charge on any atom is 0.345 e. The Morgan fingerprint density at radius 3 is 2.39 bits per heavy atom. The summed E-state index contributed by atoms with van der Waals surface area (Å²) in [5.74, 6) is -2.34. The van der Waals surface area contributed by atoms with Gasteiger partial charge in [-0.3, -0.25) is 9.59 Å². The van der Waals surface area contributed by atoms with E-state index >= 15 is 0 Å². The van der Waals surface area contributed by atoms with Crippen molar-refractivity contribution in [2.45, 2.75) is 6.92 Å². The molecule has 36 heavy (non-hydrogen) atoms. The summed E-state index contributed by atoms with van der Waals surface area (Å²) in [6.45, 7) is 1.91. The zero-order valence-electron chi connectivity index (χ0n) is 18.9. The number of esters is 1. The van der Waals surface area contributed by atoms with E-state index < -0.39 is 17.8 Å². The maximum absolute atomic E-state index is 12.8. The van der Waals surface area contributed by atoms with Gasteiger partial charge in [0.05, 0.1) is 16.8 Å². The minimum atomic E-state index is -0.960. The second-order valence-corrected chi connectivity index (χ2v) is 8.58. The summed E-state index contributed by atoms with van der Waals surface area (Å²) in [5, 5.41) is 8.52. The molecule has 0 unspecified atom stereocenters. The average Bonchev–Trinajstić information content (AvgIpc) is 2.86. The van der Waals surface area contributed by atoms with Crippen LogP contribution in [0.15, 0.2) is 84.0 Å². The van der Waals surface area contributed by atoms with Crippen LogP contribution in [0.3, 0.4) is 0 Å². The normalized spacial score (nSPS) is 10.9. The van der Waals surface area contributed by atoms with Crippen molar-refractivity contribution in [2.75, 3.05) is 5.32 Å². The number of benzene rings is 4. The number of amides is 2. The standard InChI is InChI=1S/C27H19Cl2N3O4/c1-16-6-10-19(11-7-16)31-25(33)26(34)32-30-15-22-20-5-3-2-4-17(20)8-13-24(22)36-27(35)21-12-9-18(28)14-23(21)29/h2-15H,1H3,(H,31,33)(H,32,34)/b30-15-. The Morgan fingerprint density at radius 1 is 0.889 bits per heavy atom. The fraction of sp³-hybridized carbons (Fsp3) is 0.0370. The van der Waals surface area contributed by atoms with Gasteiger partial charge in [0.1, 0.15) is 5.75 Å². The molecule has 7 nitrogen and oxygen atoms in total. The lowest BCUT2D eigenvalue weighted by molar-refractivity contribution is -0.136. The number of nitrogens with one attached hydrogen (secondary N) is 2. The van der Waals surface area contributed by atoms with Crippen molar-refractivity contribution >= 4 is 63.7 Å². The number of hydrogen-bond acceptors (Lipinski definition) is 5. The number of nitrogens with zero attached hydrogens (tertiary/aromatic N) is 1. The van der Waals surface area contributed by atoms with Crippen molar-refractivity contribution in [1.82, 2.24) is 5.43 Å². The number of aryl methyl sites for hydroxylation is 1. The Morgan fingerprint density at radius 2 is 1.64 bits per heavy atom. The molecule has 0 saturated heterocycles. The van der Waals surface area contributed by atoms with Gasteiger partial charge < -0.3 is 10.1 Å². The molecule has 0 heterocycles. The number of rotatable bonds is 5. The van der Waals surface area contributed by atoms with E-state index in [9.17, 15) is 14.4 Å². The predicted molar refractivity (Wildman–Crippen MR) is 141 cm³/mol. The molecule has 4 aromatic rings. The van der Waals surface area contributed by atoms with Gasteiger partial charge in [-0.15, -0.1) is 0 Å². The van der Waals surface area contributed by atoms with Gasteiger partial charge in [0.2, 0.25) is 0 Å². The lowest BCUT2D eigenvalue weighted by atomic mass is 10.0. The van der Waals surface area contributed by atoms with Crippen LogP contribution in [-0.4, -0.2) is 24.0 Å². The Bertz CT molecular complexity index is 1500. The van der Waals surface area contributed by atoms with E-state index in [1.165, 1.54) is 24.4 Å². The van der Waals surface area contributed by atoms with Crippen LogP contribution in [0, 0.1) is 6.92 Å². The summed E-state index contributed by atoms with van der Waals surface area (Å²) in [4.78, 5) is 37.2. The highest BCUT2D eigenvalue weighted by atomic mass is 35.5. The molecular weight excluding hydrogens is 501 g/mol. The van der Waals surface area contributed by atoms with Crippen molar-refractivity contribution in [3.8, 4) is 5.75 Å². The summed E-state index contributed by atoms with van der Waals surface area (Å²) < 4.78 is 5.60. The van der Waals surface area contributed by atoms with E-state index in [-0.39, 0.29) is 16.3 Å². The van der Waals surface area contributed by atoms with Crippen LogP contribution in [0.1, 0.15) is 21.5 Å². The molecule has 0 spiro atoms. The molecule has 0 aliphatic carbocycles. The number of carbonyl (C=O) groups is 3. The van der Waals surface area contributed by atoms with Crippen LogP contribution in [0.5, 0.6) is 5.75 Å². The molecule has 0 aliphatic rings. The van der Waals surface area contributed by atoms with Crippen LogP contribution in [0.2, 0.25) is 10.0 Å². The molecule has 0 saturated carbocycles. The predicted octanol–water partition coefficient (Wildman–Crippen LogP) is 5.76. The van der Waals surface area contributed by atoms with E-state index in [2.05, 4.69) is 15.8 Å². The van der Waals surface area contributed by atoms with Gasteiger partial charge in [-0.05, 0) is 54.1 Å². The molecule has 180 valence electrons. The summed E-state index contributed by atoms with van der Waals surface area (Å²) in [6, 6.07) is 22.2. The number of hydrogen-bond donors (Lipinski definition) is 2. The average molecular weight is 520 g/mol. The van der Waals surface area contributed by atoms with Crippen molar-refractivity contribution in [2.24, 2.45) is 5.10 Å². The topological polar surface area (TPSA) is 96.9 Å². The minimum absolute atomic E-state index is 0.137. The highest BCUT2D eigenvalue weighted by Gasteiger charge is 2.17. The minimum Gasteiger partial charge on any atom is -0.422 e. The van der Waals surface area contributed by atoms with Gasteiger partial charge in [0, 0.05) is 16.3 Å². The van der Waals surface area contributed by atoms with Crippen molar-refractivity contribution in [3.05, 3.63) is 106 Å². The van der Waals surface area contributed by atoms with E-state index in [0.29, 0.717) is 21.7 Å². The second kappa shape index (κ2) is 11.0. The fourth-order valence-electron chi connectivity index (χ4n) is 3.34. The third kappa shape index (κ3) is 5.89. The molecule has 2 N–H and O–H groups in total. The molecule has 0 aliphatic heterocycles. The first-order valence-electron chi connectivity index (χ1n) is 10.7. The first kappa shape index (κ1) is 24.9. The molecule has 0 bridgehead atoms. The lowest BCUT2D eigenvalue weighted by Gasteiger charge is -2.11. The molecule has 4 rings (SSSR count). The van der Waals surface area contributed by atoms with Gasteiger partial charge in [0.15, 0.2) is 0 Å². The molecular formula is C27H19Cl2N3O4. The Balaban J connectivity index is 1.55. The van der Waals surface area contributed by atoms with Crippen LogP contribution in [0.25, 0.3) is 10.8 Å². The summed E-state index contributed by atoms with van der Waals surface area (Å²) >= 11 is 12.1. The summed E-state index contributed by atoms with van der Waals surface area (Å²) in [5.41, 5.74) is 4.26. The van der Waals surface area contributed by atoms with Crippen molar-refractivity contribution < 1.29 is 19.1 Å². The highest BCUT2D eigenvalue weighted by Crippen LogP contribution is 2.29. The lowest BCUT2D eigenvalue weighted by Crippen LogP contribution is -2.32. The third-order valence-electron chi connectivity index (χ3n) is 5.16. The van der Waals surface area contributed by atoms with Gasteiger partial charge >= 0.3 is 17.8 Å². The molecule has 2 amide bonds. The van der Waals surface area contributed by atoms with E-state index in [0.717, 1.165) is 10.9 Å². The number of halogens is 2. The number of carbonyl (C=O) groups excluding carboxylic acids is 3. The Labute approximate surface area is 216 Å². The summed E-state index contributed by atoms with van der Waals surface area (Å²) in [6.07, 6.45) is 1.31. The first-order valence-corrected chi connectivity index (χ1v) is 11.5.